The van der Waals surface area contributed by atoms with E-state index < -0.39 is 11.7 Å². The van der Waals surface area contributed by atoms with E-state index in [0.29, 0.717) is 18.7 Å². The summed E-state index contributed by atoms with van der Waals surface area (Å²) in [5.41, 5.74) is 2.61. The molecule has 0 unspecified atom stereocenters. The third kappa shape index (κ3) is 4.81. The number of hydrogen-bond acceptors (Lipinski definition) is 3. The fourth-order valence-corrected chi connectivity index (χ4v) is 2.08. The molecule has 0 amide bonds. The summed E-state index contributed by atoms with van der Waals surface area (Å²) >= 11 is 1.49. The molecule has 0 bridgehead atoms. The molecule has 1 heterocycles. The number of nitrogens with zero attached hydrogens (tertiary/aromatic N) is 1. The van der Waals surface area contributed by atoms with E-state index in [1.165, 1.54) is 17.4 Å². The highest BCUT2D eigenvalue weighted by Gasteiger charge is 2.30. The van der Waals surface area contributed by atoms with E-state index in [1.54, 1.807) is 11.6 Å². The maximum absolute atomic E-state index is 12.5. The van der Waals surface area contributed by atoms with Crippen LogP contribution >= 0.6 is 23.7 Å². The van der Waals surface area contributed by atoms with Gasteiger partial charge in [0.25, 0.3) is 0 Å². The second kappa shape index (κ2) is 6.88. The normalized spacial score (nSPS) is 11.1. The first-order valence-electron chi connectivity index (χ1n) is 5.29. The molecule has 0 saturated carbocycles. The van der Waals surface area contributed by atoms with Gasteiger partial charge in [0.1, 0.15) is 0 Å². The van der Waals surface area contributed by atoms with Crippen molar-refractivity contribution in [2.45, 2.75) is 19.3 Å². The molecule has 0 fully saturated rings. The minimum Gasteiger partial charge on any atom is -0.307 e. The molecule has 0 radical (unpaired) electrons. The van der Waals surface area contributed by atoms with Gasteiger partial charge in [-0.15, -0.1) is 23.7 Å². The molecule has 104 valence electrons. The molecule has 2 aromatic rings. The summed E-state index contributed by atoms with van der Waals surface area (Å²) in [6, 6.07) is 5.32. The SMILES string of the molecule is Cl.FC(F)(F)c1cccc(CNCc2cscn2)c1. The van der Waals surface area contributed by atoms with Gasteiger partial charge in [-0.1, -0.05) is 18.2 Å². The molecule has 2 rings (SSSR count). The van der Waals surface area contributed by atoms with E-state index in [-0.39, 0.29) is 12.4 Å². The molecular formula is C12H12ClF3N2S. The molecule has 7 heteroatoms. The number of rotatable bonds is 4. The third-order valence-corrected chi connectivity index (χ3v) is 3.01. The van der Waals surface area contributed by atoms with E-state index in [2.05, 4.69) is 10.3 Å². The quantitative estimate of drug-likeness (QED) is 0.927. The smallest absolute Gasteiger partial charge is 0.307 e. The largest absolute Gasteiger partial charge is 0.416 e. The molecule has 2 nitrogen and oxygen atoms in total. The van der Waals surface area contributed by atoms with E-state index in [0.717, 1.165) is 17.8 Å². The van der Waals surface area contributed by atoms with Gasteiger partial charge in [-0.2, -0.15) is 13.2 Å². The van der Waals surface area contributed by atoms with Gasteiger partial charge in [0, 0.05) is 18.5 Å². The van der Waals surface area contributed by atoms with Crippen LogP contribution in [0.1, 0.15) is 16.8 Å². The summed E-state index contributed by atoms with van der Waals surface area (Å²) in [7, 11) is 0. The van der Waals surface area contributed by atoms with Crippen LogP contribution in [0.2, 0.25) is 0 Å². The van der Waals surface area contributed by atoms with Gasteiger partial charge >= 0.3 is 6.18 Å². The van der Waals surface area contributed by atoms with Crippen LogP contribution in [0.15, 0.2) is 35.2 Å². The molecule has 0 saturated heterocycles. The summed E-state index contributed by atoms with van der Waals surface area (Å²) in [6.07, 6.45) is -4.29. The molecule has 0 aliphatic heterocycles. The Labute approximate surface area is 119 Å². The standard InChI is InChI=1S/C12H11F3N2S.ClH/c13-12(14,15)10-3-1-2-9(4-10)5-16-6-11-7-18-8-17-11;/h1-4,7-8,16H,5-6H2;1H. The first-order chi connectivity index (χ1) is 8.55. The van der Waals surface area contributed by atoms with Crippen molar-refractivity contribution in [3.05, 3.63) is 52.0 Å². The second-order valence-corrected chi connectivity index (χ2v) is 4.50. The zero-order chi connectivity index (χ0) is 13.0. The van der Waals surface area contributed by atoms with Crippen molar-refractivity contribution < 1.29 is 13.2 Å². The zero-order valence-electron chi connectivity index (χ0n) is 9.78. The van der Waals surface area contributed by atoms with E-state index in [4.69, 9.17) is 0 Å². The summed E-state index contributed by atoms with van der Waals surface area (Å²) in [6.45, 7) is 0.946. The predicted octanol–water partition coefficient (Wildman–Crippen LogP) is 3.87. The molecule has 1 aromatic carbocycles. The van der Waals surface area contributed by atoms with Crippen LogP contribution in [0, 0.1) is 0 Å². The number of aromatic nitrogens is 1. The first-order valence-corrected chi connectivity index (χ1v) is 6.24. The van der Waals surface area contributed by atoms with Crippen molar-refractivity contribution in [1.82, 2.24) is 10.3 Å². The predicted molar refractivity (Wildman–Crippen MR) is 71.3 cm³/mol. The second-order valence-electron chi connectivity index (χ2n) is 3.78. The van der Waals surface area contributed by atoms with E-state index >= 15 is 0 Å². The maximum Gasteiger partial charge on any atom is 0.416 e. The number of thiazole rings is 1. The lowest BCUT2D eigenvalue weighted by molar-refractivity contribution is -0.137. The molecule has 0 spiro atoms. The van der Waals surface area contributed by atoms with Gasteiger partial charge in [-0.05, 0) is 11.6 Å². The van der Waals surface area contributed by atoms with Gasteiger partial charge < -0.3 is 5.32 Å². The minimum atomic E-state index is -4.29. The zero-order valence-corrected chi connectivity index (χ0v) is 11.4. The number of halogens is 4. The van der Waals surface area contributed by atoms with Gasteiger partial charge in [-0.3, -0.25) is 0 Å². The van der Waals surface area contributed by atoms with Crippen molar-refractivity contribution in [3.63, 3.8) is 0 Å². The van der Waals surface area contributed by atoms with Gasteiger partial charge in [0.15, 0.2) is 0 Å². The Kier molecular flexibility index (Phi) is 5.78. The lowest BCUT2D eigenvalue weighted by Crippen LogP contribution is -2.14. The molecule has 0 aliphatic carbocycles. The molecule has 19 heavy (non-hydrogen) atoms. The molecular weight excluding hydrogens is 297 g/mol. The van der Waals surface area contributed by atoms with Crippen LogP contribution in [0.25, 0.3) is 0 Å². The molecule has 0 atom stereocenters. The first kappa shape index (κ1) is 15.9. The highest BCUT2D eigenvalue weighted by Crippen LogP contribution is 2.29. The van der Waals surface area contributed by atoms with Crippen LogP contribution < -0.4 is 5.32 Å². The third-order valence-electron chi connectivity index (χ3n) is 2.37. The van der Waals surface area contributed by atoms with Crippen LogP contribution in [-0.4, -0.2) is 4.98 Å². The highest BCUT2D eigenvalue weighted by atomic mass is 35.5. The Morgan fingerprint density at radius 3 is 2.63 bits per heavy atom. The van der Waals surface area contributed by atoms with Crippen molar-refractivity contribution in [3.8, 4) is 0 Å². The van der Waals surface area contributed by atoms with Gasteiger partial charge in [-0.25, -0.2) is 4.98 Å². The summed E-state index contributed by atoms with van der Waals surface area (Å²) in [4.78, 5) is 4.08. The number of nitrogens with one attached hydrogen (secondary N) is 1. The number of hydrogen-bond donors (Lipinski definition) is 1. The number of benzene rings is 1. The Morgan fingerprint density at radius 2 is 2.00 bits per heavy atom. The van der Waals surface area contributed by atoms with Crippen molar-refractivity contribution in [2.75, 3.05) is 0 Å². The molecule has 0 aliphatic rings. The fourth-order valence-electron chi connectivity index (χ4n) is 1.52. The highest BCUT2D eigenvalue weighted by molar-refractivity contribution is 7.07. The topological polar surface area (TPSA) is 24.9 Å². The Hall–Kier alpha value is -1.11. The summed E-state index contributed by atoms with van der Waals surface area (Å²) < 4.78 is 37.5. The van der Waals surface area contributed by atoms with Crippen molar-refractivity contribution in [2.24, 2.45) is 0 Å². The van der Waals surface area contributed by atoms with Crippen LogP contribution in [0.4, 0.5) is 13.2 Å². The van der Waals surface area contributed by atoms with E-state index in [9.17, 15) is 13.2 Å². The lowest BCUT2D eigenvalue weighted by Gasteiger charge is -2.09. The molecule has 1 N–H and O–H groups in total. The Balaban J connectivity index is 0.00000180. The summed E-state index contributed by atoms with van der Waals surface area (Å²) in [5.74, 6) is 0. The van der Waals surface area contributed by atoms with Crippen LogP contribution in [0.5, 0.6) is 0 Å². The lowest BCUT2D eigenvalue weighted by atomic mass is 10.1. The van der Waals surface area contributed by atoms with Crippen LogP contribution in [0.3, 0.4) is 0 Å². The van der Waals surface area contributed by atoms with Gasteiger partial charge in [0.2, 0.25) is 0 Å². The maximum atomic E-state index is 12.5. The summed E-state index contributed by atoms with van der Waals surface area (Å²) in [5, 5.41) is 4.96. The number of alkyl halides is 3. The van der Waals surface area contributed by atoms with E-state index in [1.807, 2.05) is 5.38 Å². The monoisotopic (exact) mass is 308 g/mol. The van der Waals surface area contributed by atoms with Gasteiger partial charge in [0.05, 0.1) is 16.8 Å². The fraction of sp³-hybridized carbons (Fsp3) is 0.250. The Morgan fingerprint density at radius 1 is 1.21 bits per heavy atom. The average Bonchev–Trinajstić information content (AvgIpc) is 2.81. The van der Waals surface area contributed by atoms with Crippen molar-refractivity contribution >= 4 is 23.7 Å². The average molecular weight is 309 g/mol. The van der Waals surface area contributed by atoms with Crippen molar-refractivity contribution in [1.29, 1.82) is 0 Å². The van der Waals surface area contributed by atoms with Crippen LogP contribution in [-0.2, 0) is 19.3 Å². The minimum absolute atomic E-state index is 0. The molecule has 1 aromatic heterocycles. The Bertz CT molecular complexity index is 500.